The van der Waals surface area contributed by atoms with Gasteiger partial charge in [0.25, 0.3) is 0 Å². The molecular formula is C15H19NOS. The van der Waals surface area contributed by atoms with E-state index in [0.717, 1.165) is 25.3 Å². The van der Waals surface area contributed by atoms with E-state index in [9.17, 15) is 0 Å². The number of thiophene rings is 1. The van der Waals surface area contributed by atoms with E-state index >= 15 is 0 Å². The number of benzene rings is 1. The highest BCUT2D eigenvalue weighted by atomic mass is 32.1. The minimum absolute atomic E-state index is 0.734. The lowest BCUT2D eigenvalue weighted by molar-refractivity contribution is 0.316. The van der Waals surface area contributed by atoms with Crippen molar-refractivity contribution >= 4 is 11.3 Å². The zero-order valence-electron chi connectivity index (χ0n) is 10.9. The molecule has 0 saturated carbocycles. The smallest absolute Gasteiger partial charge is 0.126 e. The van der Waals surface area contributed by atoms with Crippen molar-refractivity contribution in [3.05, 3.63) is 51.7 Å². The van der Waals surface area contributed by atoms with E-state index in [1.165, 1.54) is 16.7 Å². The Hall–Kier alpha value is -1.32. The standard InChI is InChI=1S/C15H19NOS/c1-12-4-3-5-14(10-16-2)15(12)17-8-6-13-7-9-18-11-13/h3-5,7,9,11,16H,6,8,10H2,1-2H3. The molecule has 0 unspecified atom stereocenters. The number of nitrogens with one attached hydrogen (secondary N) is 1. The molecule has 1 N–H and O–H groups in total. The minimum atomic E-state index is 0.734. The summed E-state index contributed by atoms with van der Waals surface area (Å²) in [6.45, 7) is 3.67. The van der Waals surface area contributed by atoms with E-state index in [1.54, 1.807) is 11.3 Å². The fraction of sp³-hybridized carbons (Fsp3) is 0.333. The van der Waals surface area contributed by atoms with Crippen LogP contribution in [-0.2, 0) is 13.0 Å². The van der Waals surface area contributed by atoms with Crippen LogP contribution in [0.3, 0.4) is 0 Å². The summed E-state index contributed by atoms with van der Waals surface area (Å²) in [6, 6.07) is 8.44. The van der Waals surface area contributed by atoms with E-state index in [0.29, 0.717) is 0 Å². The Morgan fingerprint density at radius 3 is 2.89 bits per heavy atom. The minimum Gasteiger partial charge on any atom is -0.493 e. The molecule has 0 spiro atoms. The molecule has 0 bridgehead atoms. The van der Waals surface area contributed by atoms with Crippen LogP contribution in [0.1, 0.15) is 16.7 Å². The molecule has 1 heterocycles. The Morgan fingerprint density at radius 2 is 2.17 bits per heavy atom. The van der Waals surface area contributed by atoms with Crippen molar-refractivity contribution in [1.82, 2.24) is 5.32 Å². The lowest BCUT2D eigenvalue weighted by atomic mass is 10.1. The second-order valence-corrected chi connectivity index (χ2v) is 5.10. The molecule has 0 aliphatic carbocycles. The van der Waals surface area contributed by atoms with Crippen LogP contribution in [0.4, 0.5) is 0 Å². The summed E-state index contributed by atoms with van der Waals surface area (Å²) in [4.78, 5) is 0. The molecular weight excluding hydrogens is 242 g/mol. The molecule has 3 heteroatoms. The molecule has 2 rings (SSSR count). The number of rotatable bonds is 6. The maximum Gasteiger partial charge on any atom is 0.126 e. The predicted octanol–water partition coefficient (Wildman–Crippen LogP) is 3.40. The number of ether oxygens (including phenoxy) is 1. The molecule has 0 atom stereocenters. The Kier molecular flexibility index (Phi) is 4.79. The highest BCUT2D eigenvalue weighted by Gasteiger charge is 2.06. The van der Waals surface area contributed by atoms with Gasteiger partial charge in [-0.1, -0.05) is 18.2 Å². The summed E-state index contributed by atoms with van der Waals surface area (Å²) in [5.74, 6) is 1.03. The zero-order valence-corrected chi connectivity index (χ0v) is 11.7. The number of hydrogen-bond acceptors (Lipinski definition) is 3. The fourth-order valence-corrected chi connectivity index (χ4v) is 2.66. The van der Waals surface area contributed by atoms with E-state index < -0.39 is 0 Å². The SMILES string of the molecule is CNCc1cccc(C)c1OCCc1ccsc1. The lowest BCUT2D eigenvalue weighted by Crippen LogP contribution is -2.09. The molecule has 0 radical (unpaired) electrons. The van der Waals surface area contributed by atoms with Gasteiger partial charge in [-0.25, -0.2) is 0 Å². The van der Waals surface area contributed by atoms with Gasteiger partial charge in [-0.05, 0) is 41.9 Å². The van der Waals surface area contributed by atoms with Gasteiger partial charge in [0, 0.05) is 18.5 Å². The normalized spacial score (nSPS) is 10.6. The van der Waals surface area contributed by atoms with Crippen molar-refractivity contribution in [3.8, 4) is 5.75 Å². The quantitative estimate of drug-likeness (QED) is 0.860. The van der Waals surface area contributed by atoms with Gasteiger partial charge in [-0.2, -0.15) is 11.3 Å². The van der Waals surface area contributed by atoms with Gasteiger partial charge in [-0.15, -0.1) is 0 Å². The van der Waals surface area contributed by atoms with Gasteiger partial charge in [-0.3, -0.25) is 0 Å². The van der Waals surface area contributed by atoms with E-state index in [2.05, 4.69) is 47.3 Å². The number of aryl methyl sites for hydroxylation is 1. The summed E-state index contributed by atoms with van der Waals surface area (Å²) in [6.07, 6.45) is 0.969. The van der Waals surface area contributed by atoms with Crippen molar-refractivity contribution in [3.63, 3.8) is 0 Å². The van der Waals surface area contributed by atoms with Crippen LogP contribution in [0.2, 0.25) is 0 Å². The second-order valence-electron chi connectivity index (χ2n) is 4.32. The Balaban J connectivity index is 1.99. The van der Waals surface area contributed by atoms with E-state index in [1.807, 2.05) is 7.05 Å². The lowest BCUT2D eigenvalue weighted by Gasteiger charge is -2.13. The summed E-state index contributed by atoms with van der Waals surface area (Å²) in [5.41, 5.74) is 3.78. The van der Waals surface area contributed by atoms with E-state index in [4.69, 9.17) is 4.74 Å². The molecule has 2 aromatic rings. The number of hydrogen-bond donors (Lipinski definition) is 1. The monoisotopic (exact) mass is 261 g/mol. The summed E-state index contributed by atoms with van der Waals surface area (Å²) in [5, 5.41) is 7.46. The fourth-order valence-electron chi connectivity index (χ4n) is 1.96. The molecule has 0 fully saturated rings. The first-order valence-electron chi connectivity index (χ1n) is 6.18. The largest absolute Gasteiger partial charge is 0.493 e. The topological polar surface area (TPSA) is 21.3 Å². The van der Waals surface area contributed by atoms with Gasteiger partial charge in [0.05, 0.1) is 6.61 Å². The van der Waals surface area contributed by atoms with Crippen LogP contribution in [0.5, 0.6) is 5.75 Å². The molecule has 1 aromatic carbocycles. The third-order valence-electron chi connectivity index (χ3n) is 2.88. The van der Waals surface area contributed by atoms with Gasteiger partial charge >= 0.3 is 0 Å². The number of para-hydroxylation sites is 1. The third kappa shape index (κ3) is 3.34. The highest BCUT2D eigenvalue weighted by Crippen LogP contribution is 2.23. The van der Waals surface area contributed by atoms with Gasteiger partial charge in [0.1, 0.15) is 5.75 Å². The third-order valence-corrected chi connectivity index (χ3v) is 3.61. The zero-order chi connectivity index (χ0) is 12.8. The molecule has 96 valence electrons. The molecule has 18 heavy (non-hydrogen) atoms. The van der Waals surface area contributed by atoms with Crippen LogP contribution in [0.25, 0.3) is 0 Å². The van der Waals surface area contributed by atoms with Crippen LogP contribution in [-0.4, -0.2) is 13.7 Å². The van der Waals surface area contributed by atoms with Crippen molar-refractivity contribution < 1.29 is 4.74 Å². The summed E-state index contributed by atoms with van der Waals surface area (Å²) < 4.78 is 5.96. The van der Waals surface area contributed by atoms with Crippen LogP contribution in [0, 0.1) is 6.92 Å². The molecule has 0 aliphatic heterocycles. The van der Waals surface area contributed by atoms with E-state index in [-0.39, 0.29) is 0 Å². The van der Waals surface area contributed by atoms with Crippen LogP contribution in [0.15, 0.2) is 35.0 Å². The Morgan fingerprint density at radius 1 is 1.28 bits per heavy atom. The van der Waals surface area contributed by atoms with Gasteiger partial charge in [0.2, 0.25) is 0 Å². The first-order chi connectivity index (χ1) is 8.81. The maximum atomic E-state index is 5.96. The van der Waals surface area contributed by atoms with Crippen LogP contribution >= 0.6 is 11.3 Å². The predicted molar refractivity (Wildman–Crippen MR) is 77.5 cm³/mol. The van der Waals surface area contributed by atoms with Crippen molar-refractivity contribution in [2.24, 2.45) is 0 Å². The van der Waals surface area contributed by atoms with Gasteiger partial charge < -0.3 is 10.1 Å². The molecule has 0 saturated heterocycles. The molecule has 1 aromatic heterocycles. The maximum absolute atomic E-state index is 5.96. The van der Waals surface area contributed by atoms with Crippen molar-refractivity contribution in [1.29, 1.82) is 0 Å². The average Bonchev–Trinajstić information content (AvgIpc) is 2.86. The van der Waals surface area contributed by atoms with Crippen molar-refractivity contribution in [2.45, 2.75) is 19.9 Å². The average molecular weight is 261 g/mol. The van der Waals surface area contributed by atoms with Crippen molar-refractivity contribution in [2.75, 3.05) is 13.7 Å². The first kappa shape index (κ1) is 13.1. The summed E-state index contributed by atoms with van der Waals surface area (Å²) >= 11 is 1.73. The molecule has 2 nitrogen and oxygen atoms in total. The highest BCUT2D eigenvalue weighted by molar-refractivity contribution is 7.07. The first-order valence-corrected chi connectivity index (χ1v) is 7.12. The molecule has 0 aliphatic rings. The Labute approximate surface area is 113 Å². The Bertz CT molecular complexity index is 479. The van der Waals surface area contributed by atoms with Gasteiger partial charge in [0.15, 0.2) is 0 Å². The van der Waals surface area contributed by atoms with Crippen LogP contribution < -0.4 is 10.1 Å². The second kappa shape index (κ2) is 6.57. The summed E-state index contributed by atoms with van der Waals surface area (Å²) in [7, 11) is 1.96. The molecule has 0 amide bonds.